The van der Waals surface area contributed by atoms with Crippen molar-refractivity contribution in [3.8, 4) is 0 Å². The van der Waals surface area contributed by atoms with Gasteiger partial charge in [0.05, 0.1) is 26.4 Å². The van der Waals surface area contributed by atoms with Gasteiger partial charge in [-0.15, -0.1) is 0 Å². The Morgan fingerprint density at radius 2 is 0.560 bits per heavy atom. The molecule has 91 heavy (non-hydrogen) atoms. The number of unbranched alkanes of at least 4 members (excludes halogenated alkanes) is 37. The summed E-state index contributed by atoms with van der Waals surface area (Å²) in [4.78, 5) is 72.5. The molecule has 0 aliphatic rings. The smallest absolute Gasteiger partial charge is 0.462 e. The van der Waals surface area contributed by atoms with Crippen LogP contribution in [0.1, 0.15) is 363 Å². The van der Waals surface area contributed by atoms with Crippen LogP contribution < -0.4 is 0 Å². The van der Waals surface area contributed by atoms with Crippen LogP contribution in [0.5, 0.6) is 0 Å². The number of hydrogen-bond donors (Lipinski definition) is 3. The van der Waals surface area contributed by atoms with Crippen molar-refractivity contribution in [3.63, 3.8) is 0 Å². The van der Waals surface area contributed by atoms with Gasteiger partial charge in [0.2, 0.25) is 0 Å². The number of carbonyl (C=O) groups is 4. The quantitative estimate of drug-likeness (QED) is 0.0222. The van der Waals surface area contributed by atoms with Crippen molar-refractivity contribution in [2.24, 2.45) is 17.8 Å². The van der Waals surface area contributed by atoms with E-state index in [1.807, 2.05) is 0 Å². The van der Waals surface area contributed by atoms with Crippen molar-refractivity contribution >= 4 is 39.5 Å². The summed E-state index contributed by atoms with van der Waals surface area (Å²) in [7, 11) is -9.90. The van der Waals surface area contributed by atoms with Gasteiger partial charge in [-0.2, -0.15) is 0 Å². The second-order valence-electron chi connectivity index (χ2n) is 27.2. The van der Waals surface area contributed by atoms with Gasteiger partial charge in [-0.1, -0.05) is 312 Å². The third-order valence-electron chi connectivity index (χ3n) is 17.0. The predicted octanol–water partition coefficient (Wildman–Crippen LogP) is 20.6. The third kappa shape index (κ3) is 65.1. The highest BCUT2D eigenvalue weighted by Crippen LogP contribution is 2.45. The monoisotopic (exact) mass is 1340 g/mol. The number of ether oxygens (including phenoxy) is 4. The fraction of sp³-hybridized carbons (Fsp3) is 0.944. The maximum Gasteiger partial charge on any atom is 0.472 e. The molecular weight excluding hydrogens is 1200 g/mol. The van der Waals surface area contributed by atoms with E-state index >= 15 is 0 Å². The maximum atomic E-state index is 13.0. The second kappa shape index (κ2) is 62.8. The minimum absolute atomic E-state index is 0.103. The first-order valence-corrected chi connectivity index (χ1v) is 40.4. The van der Waals surface area contributed by atoms with Crippen LogP contribution in [0.3, 0.4) is 0 Å². The Morgan fingerprint density at radius 1 is 0.319 bits per heavy atom. The molecule has 3 unspecified atom stereocenters. The number of esters is 4. The van der Waals surface area contributed by atoms with Crippen LogP contribution in [0.25, 0.3) is 0 Å². The topological polar surface area (TPSA) is 237 Å². The molecule has 0 bridgehead atoms. The van der Waals surface area contributed by atoms with Gasteiger partial charge in [-0.05, 0) is 43.4 Å². The van der Waals surface area contributed by atoms with Gasteiger partial charge < -0.3 is 33.8 Å². The van der Waals surface area contributed by atoms with Crippen molar-refractivity contribution in [2.75, 3.05) is 39.6 Å². The molecule has 0 spiro atoms. The third-order valence-corrected chi connectivity index (χ3v) is 18.9. The molecule has 3 N–H and O–H groups in total. The molecule has 0 saturated carbocycles. The average molecular weight is 1340 g/mol. The molecule has 17 nitrogen and oxygen atoms in total. The maximum absolute atomic E-state index is 13.0. The van der Waals surface area contributed by atoms with Crippen LogP contribution in [0.4, 0.5) is 0 Å². The Morgan fingerprint density at radius 3 is 0.835 bits per heavy atom. The Balaban J connectivity index is 5.19. The number of aliphatic hydroxyl groups excluding tert-OH is 1. The van der Waals surface area contributed by atoms with Crippen molar-refractivity contribution in [3.05, 3.63) is 0 Å². The van der Waals surface area contributed by atoms with Crippen LogP contribution in [0.15, 0.2) is 0 Å². The van der Waals surface area contributed by atoms with E-state index in [1.54, 1.807) is 0 Å². The van der Waals surface area contributed by atoms with Gasteiger partial charge in [-0.25, -0.2) is 9.13 Å². The Hall–Kier alpha value is -1.94. The number of rotatable bonds is 70. The van der Waals surface area contributed by atoms with E-state index in [4.69, 9.17) is 37.0 Å². The molecule has 0 aliphatic carbocycles. The molecule has 0 radical (unpaired) electrons. The van der Waals surface area contributed by atoms with Gasteiger partial charge in [-0.3, -0.25) is 37.3 Å². The molecule has 0 amide bonds. The molecule has 0 aromatic carbocycles. The number of phosphoric acid groups is 2. The number of phosphoric ester groups is 2. The minimum Gasteiger partial charge on any atom is -0.462 e. The highest BCUT2D eigenvalue weighted by Gasteiger charge is 2.30. The SMILES string of the molecule is CCCCCCCCCC(=O)OC[C@H](COP(=O)(O)OC[C@H](O)COP(=O)(O)OC[C@@H](COC(=O)CCCCCCCCCCCCCCCC(C)C)OC(=O)CCCCCCCCCCCCCCCCC(C)CC)OC(=O)CCCCCCCCCC(C)C. The van der Waals surface area contributed by atoms with Gasteiger partial charge in [0, 0.05) is 25.7 Å². The van der Waals surface area contributed by atoms with Crippen molar-refractivity contribution < 1.29 is 80.2 Å². The normalized spacial score (nSPS) is 14.5. The molecule has 6 atom stereocenters. The zero-order chi connectivity index (χ0) is 67.3. The summed E-state index contributed by atoms with van der Waals surface area (Å²) < 4.78 is 68.2. The fourth-order valence-electron chi connectivity index (χ4n) is 10.9. The Bertz CT molecular complexity index is 1790. The van der Waals surface area contributed by atoms with Crippen LogP contribution >= 0.6 is 15.6 Å². The zero-order valence-corrected chi connectivity index (χ0v) is 61.1. The summed E-state index contributed by atoms with van der Waals surface area (Å²) in [6, 6.07) is 0. The standard InChI is InChI=1S/C72H140O17P2/c1-8-10-11-12-29-39-46-53-69(74)82-59-67(89-72(77)56-49-42-35-28-31-37-44-51-64(5)6)61-86-90(78,79)84-57-66(73)58-85-91(80,81)87-62-68(60-83-70(75)54-47-40-33-26-22-19-15-16-20-24-30-36-43-50-63(3)4)88-71(76)55-48-41-34-27-23-18-14-13-17-21-25-32-38-45-52-65(7)9-2/h63-68,73H,8-62H2,1-7H3,(H,78,79)(H,80,81)/t65?,66-,67+,68+/m0/s1. The lowest BCUT2D eigenvalue weighted by molar-refractivity contribution is -0.161. The van der Waals surface area contributed by atoms with E-state index in [1.165, 1.54) is 161 Å². The molecule has 0 saturated heterocycles. The van der Waals surface area contributed by atoms with Gasteiger partial charge in [0.1, 0.15) is 19.3 Å². The van der Waals surface area contributed by atoms with Crippen molar-refractivity contribution in [2.45, 2.75) is 381 Å². The van der Waals surface area contributed by atoms with E-state index in [0.29, 0.717) is 31.6 Å². The van der Waals surface area contributed by atoms with Crippen molar-refractivity contribution in [1.82, 2.24) is 0 Å². The molecule has 0 aromatic heterocycles. The van der Waals surface area contributed by atoms with Crippen LogP contribution in [0.2, 0.25) is 0 Å². The van der Waals surface area contributed by atoms with Crippen LogP contribution in [0, 0.1) is 17.8 Å². The lowest BCUT2D eigenvalue weighted by Gasteiger charge is -2.21. The number of aliphatic hydroxyl groups is 1. The summed E-state index contributed by atoms with van der Waals surface area (Å²) in [5.74, 6) is 0.203. The number of hydrogen-bond acceptors (Lipinski definition) is 15. The second-order valence-corrected chi connectivity index (χ2v) is 30.1. The Labute approximate surface area is 556 Å². The van der Waals surface area contributed by atoms with Crippen molar-refractivity contribution in [1.29, 1.82) is 0 Å². The summed E-state index contributed by atoms with van der Waals surface area (Å²) in [6.45, 7) is 11.8. The summed E-state index contributed by atoms with van der Waals surface area (Å²) >= 11 is 0. The van der Waals surface area contributed by atoms with E-state index < -0.39 is 97.5 Å². The predicted molar refractivity (Wildman–Crippen MR) is 368 cm³/mol. The first kappa shape index (κ1) is 89.1. The first-order chi connectivity index (χ1) is 43.8. The lowest BCUT2D eigenvalue weighted by atomic mass is 9.99. The van der Waals surface area contributed by atoms with Gasteiger partial charge in [0.15, 0.2) is 12.2 Å². The Kier molecular flexibility index (Phi) is 61.5. The summed E-state index contributed by atoms with van der Waals surface area (Å²) in [5.41, 5.74) is 0. The van der Waals surface area contributed by atoms with E-state index in [9.17, 15) is 43.2 Å². The largest absolute Gasteiger partial charge is 0.472 e. The average Bonchev–Trinajstić information content (AvgIpc) is 2.05. The minimum atomic E-state index is -4.95. The molecule has 540 valence electrons. The highest BCUT2D eigenvalue weighted by atomic mass is 31.2. The van der Waals surface area contributed by atoms with E-state index in [-0.39, 0.29) is 25.7 Å². The molecule has 0 heterocycles. The van der Waals surface area contributed by atoms with E-state index in [0.717, 1.165) is 115 Å². The number of carbonyl (C=O) groups excluding carboxylic acids is 4. The molecular formula is C72H140O17P2. The van der Waals surface area contributed by atoms with E-state index in [2.05, 4.69) is 48.5 Å². The molecule has 0 rings (SSSR count). The fourth-order valence-corrected chi connectivity index (χ4v) is 12.4. The molecule has 0 fully saturated rings. The van der Waals surface area contributed by atoms with Gasteiger partial charge >= 0.3 is 39.5 Å². The first-order valence-electron chi connectivity index (χ1n) is 37.4. The molecule has 0 aromatic rings. The molecule has 0 aliphatic heterocycles. The van der Waals surface area contributed by atoms with Gasteiger partial charge in [0.25, 0.3) is 0 Å². The zero-order valence-electron chi connectivity index (χ0n) is 59.3. The lowest BCUT2D eigenvalue weighted by Crippen LogP contribution is -2.30. The summed E-state index contributed by atoms with van der Waals surface area (Å²) in [5, 5.41) is 10.6. The summed E-state index contributed by atoms with van der Waals surface area (Å²) in [6.07, 6.45) is 47.4. The molecule has 19 heteroatoms. The van der Waals surface area contributed by atoms with Crippen LogP contribution in [-0.2, 0) is 65.4 Å². The highest BCUT2D eigenvalue weighted by molar-refractivity contribution is 7.47. The van der Waals surface area contributed by atoms with Crippen LogP contribution in [-0.4, -0.2) is 96.7 Å².